The van der Waals surface area contributed by atoms with Gasteiger partial charge in [0, 0.05) is 12.6 Å². The maximum atomic E-state index is 5.69. The second-order valence-corrected chi connectivity index (χ2v) is 4.84. The Morgan fingerprint density at radius 1 is 1.17 bits per heavy atom. The van der Waals surface area contributed by atoms with Gasteiger partial charge in [-0.05, 0) is 44.9 Å². The van der Waals surface area contributed by atoms with E-state index in [1.54, 1.807) is 7.11 Å². The summed E-state index contributed by atoms with van der Waals surface area (Å²) in [5.41, 5.74) is 1.21. The van der Waals surface area contributed by atoms with Crippen LogP contribution in [-0.4, -0.2) is 19.3 Å². The fraction of sp³-hybridized carbons (Fsp3) is 0.600. The molecule has 1 aromatic rings. The highest BCUT2D eigenvalue weighted by Gasteiger charge is 2.07. The molecule has 0 aliphatic heterocycles. The van der Waals surface area contributed by atoms with E-state index in [1.807, 2.05) is 26.0 Å². The normalized spacial score (nSPS) is 12.6. The first-order valence-corrected chi connectivity index (χ1v) is 6.63. The summed E-state index contributed by atoms with van der Waals surface area (Å²) in [7, 11) is 1.67. The third-order valence-corrected chi connectivity index (χ3v) is 2.86. The van der Waals surface area contributed by atoms with Gasteiger partial charge in [0.2, 0.25) is 0 Å². The van der Waals surface area contributed by atoms with Crippen LogP contribution in [0, 0.1) is 0 Å². The van der Waals surface area contributed by atoms with E-state index in [2.05, 4.69) is 25.2 Å². The molecule has 102 valence electrons. The third kappa shape index (κ3) is 4.57. The minimum absolute atomic E-state index is 0.156. The molecule has 0 fully saturated rings. The van der Waals surface area contributed by atoms with Crippen LogP contribution in [-0.2, 0) is 6.54 Å². The largest absolute Gasteiger partial charge is 0.493 e. The van der Waals surface area contributed by atoms with E-state index in [9.17, 15) is 0 Å². The maximum Gasteiger partial charge on any atom is 0.161 e. The Morgan fingerprint density at radius 2 is 1.89 bits per heavy atom. The second-order valence-electron chi connectivity index (χ2n) is 4.84. The van der Waals surface area contributed by atoms with E-state index in [4.69, 9.17) is 9.47 Å². The summed E-state index contributed by atoms with van der Waals surface area (Å²) in [4.78, 5) is 0. The lowest BCUT2D eigenvalue weighted by Crippen LogP contribution is -2.24. The van der Waals surface area contributed by atoms with E-state index in [0.29, 0.717) is 6.04 Å². The van der Waals surface area contributed by atoms with Crippen molar-refractivity contribution in [3.05, 3.63) is 23.8 Å². The summed E-state index contributed by atoms with van der Waals surface area (Å²) >= 11 is 0. The summed E-state index contributed by atoms with van der Waals surface area (Å²) in [6.45, 7) is 9.24. The van der Waals surface area contributed by atoms with Crippen molar-refractivity contribution in [2.75, 3.05) is 7.11 Å². The van der Waals surface area contributed by atoms with Gasteiger partial charge in [0.15, 0.2) is 11.5 Å². The topological polar surface area (TPSA) is 30.5 Å². The van der Waals surface area contributed by atoms with Gasteiger partial charge in [-0.2, -0.15) is 0 Å². The predicted octanol–water partition coefficient (Wildman–Crippen LogP) is 3.37. The number of methoxy groups -OCH3 is 1. The number of hydrogen-bond donors (Lipinski definition) is 1. The second kappa shape index (κ2) is 7.27. The number of rotatable bonds is 7. The van der Waals surface area contributed by atoms with Crippen molar-refractivity contribution in [2.45, 2.75) is 52.8 Å². The molecule has 0 aliphatic rings. The van der Waals surface area contributed by atoms with E-state index < -0.39 is 0 Å². The summed E-state index contributed by atoms with van der Waals surface area (Å²) in [5, 5.41) is 3.46. The van der Waals surface area contributed by atoms with Gasteiger partial charge in [-0.25, -0.2) is 0 Å². The molecule has 3 nitrogen and oxygen atoms in total. The molecule has 3 heteroatoms. The standard InChI is InChI=1S/C15H25NO2/c1-6-12(4)16-10-13-7-8-14(18-11(2)3)15(9-13)17-5/h7-9,11-12,16H,6,10H2,1-5H3. The SMILES string of the molecule is CCC(C)NCc1ccc(OC(C)C)c(OC)c1. The summed E-state index contributed by atoms with van der Waals surface area (Å²) in [6.07, 6.45) is 1.29. The maximum absolute atomic E-state index is 5.69. The number of ether oxygens (including phenoxy) is 2. The Balaban J connectivity index is 2.72. The molecule has 0 bridgehead atoms. The van der Waals surface area contributed by atoms with Crippen molar-refractivity contribution >= 4 is 0 Å². The first kappa shape index (κ1) is 14.8. The number of hydrogen-bond acceptors (Lipinski definition) is 3. The predicted molar refractivity (Wildman–Crippen MR) is 75.4 cm³/mol. The molecule has 0 saturated carbocycles. The summed E-state index contributed by atoms with van der Waals surface area (Å²) < 4.78 is 11.1. The van der Waals surface area contributed by atoms with Crippen molar-refractivity contribution in [2.24, 2.45) is 0 Å². The van der Waals surface area contributed by atoms with Gasteiger partial charge < -0.3 is 14.8 Å². The van der Waals surface area contributed by atoms with Crippen molar-refractivity contribution in [3.8, 4) is 11.5 Å². The zero-order valence-electron chi connectivity index (χ0n) is 12.1. The van der Waals surface area contributed by atoms with Crippen LogP contribution in [0.1, 0.15) is 39.7 Å². The molecule has 0 heterocycles. The van der Waals surface area contributed by atoms with E-state index >= 15 is 0 Å². The van der Waals surface area contributed by atoms with Crippen molar-refractivity contribution in [3.63, 3.8) is 0 Å². The molecule has 1 N–H and O–H groups in total. The van der Waals surface area contributed by atoms with Crippen LogP contribution >= 0.6 is 0 Å². The zero-order chi connectivity index (χ0) is 13.5. The molecular formula is C15H25NO2. The first-order chi connectivity index (χ1) is 8.56. The van der Waals surface area contributed by atoms with Gasteiger partial charge in [-0.3, -0.25) is 0 Å². The van der Waals surface area contributed by atoms with Gasteiger partial charge in [0.1, 0.15) is 0 Å². The monoisotopic (exact) mass is 251 g/mol. The van der Waals surface area contributed by atoms with Gasteiger partial charge in [-0.1, -0.05) is 13.0 Å². The van der Waals surface area contributed by atoms with Crippen molar-refractivity contribution in [1.29, 1.82) is 0 Å². The van der Waals surface area contributed by atoms with E-state index in [-0.39, 0.29) is 6.10 Å². The van der Waals surface area contributed by atoms with Crippen molar-refractivity contribution in [1.82, 2.24) is 5.32 Å². The molecule has 1 unspecified atom stereocenters. The molecule has 0 aromatic heterocycles. The average molecular weight is 251 g/mol. The fourth-order valence-electron chi connectivity index (χ4n) is 1.61. The molecule has 1 rings (SSSR count). The minimum Gasteiger partial charge on any atom is -0.493 e. The Kier molecular flexibility index (Phi) is 5.99. The van der Waals surface area contributed by atoms with Crippen molar-refractivity contribution < 1.29 is 9.47 Å². The zero-order valence-corrected chi connectivity index (χ0v) is 12.1. The lowest BCUT2D eigenvalue weighted by molar-refractivity contribution is 0.230. The van der Waals surface area contributed by atoms with E-state index in [1.165, 1.54) is 5.56 Å². The molecule has 1 atom stereocenters. The van der Waals surface area contributed by atoms with E-state index in [0.717, 1.165) is 24.5 Å². The molecule has 0 amide bonds. The quantitative estimate of drug-likeness (QED) is 0.806. The highest BCUT2D eigenvalue weighted by Crippen LogP contribution is 2.28. The molecule has 0 aliphatic carbocycles. The first-order valence-electron chi connectivity index (χ1n) is 6.63. The molecular weight excluding hydrogens is 226 g/mol. The summed E-state index contributed by atoms with van der Waals surface area (Å²) in [5.74, 6) is 1.60. The lowest BCUT2D eigenvalue weighted by Gasteiger charge is -2.16. The Bertz CT molecular complexity index is 364. The van der Waals surface area contributed by atoms with Crippen LogP contribution in [0.4, 0.5) is 0 Å². The fourth-order valence-corrected chi connectivity index (χ4v) is 1.61. The highest BCUT2D eigenvalue weighted by molar-refractivity contribution is 5.43. The van der Waals surface area contributed by atoms with Gasteiger partial charge in [0.25, 0.3) is 0 Å². The Labute approximate surface area is 110 Å². The third-order valence-electron chi connectivity index (χ3n) is 2.86. The van der Waals surface area contributed by atoms with Crippen LogP contribution in [0.3, 0.4) is 0 Å². The molecule has 0 saturated heterocycles. The Morgan fingerprint density at radius 3 is 2.44 bits per heavy atom. The van der Waals surface area contributed by atoms with Crippen LogP contribution in [0.15, 0.2) is 18.2 Å². The van der Waals surface area contributed by atoms with Gasteiger partial charge in [-0.15, -0.1) is 0 Å². The molecule has 18 heavy (non-hydrogen) atoms. The van der Waals surface area contributed by atoms with Crippen LogP contribution in [0.2, 0.25) is 0 Å². The van der Waals surface area contributed by atoms with Crippen LogP contribution in [0.5, 0.6) is 11.5 Å². The van der Waals surface area contributed by atoms with Gasteiger partial charge in [0.05, 0.1) is 13.2 Å². The number of nitrogens with one attached hydrogen (secondary N) is 1. The van der Waals surface area contributed by atoms with Gasteiger partial charge >= 0.3 is 0 Å². The average Bonchev–Trinajstić information content (AvgIpc) is 2.36. The molecule has 0 radical (unpaired) electrons. The lowest BCUT2D eigenvalue weighted by atomic mass is 10.1. The van der Waals surface area contributed by atoms with Crippen LogP contribution in [0.25, 0.3) is 0 Å². The van der Waals surface area contributed by atoms with Crippen LogP contribution < -0.4 is 14.8 Å². The Hall–Kier alpha value is -1.22. The molecule has 1 aromatic carbocycles. The smallest absolute Gasteiger partial charge is 0.161 e. The number of benzene rings is 1. The summed E-state index contributed by atoms with van der Waals surface area (Å²) in [6, 6.07) is 6.62. The highest BCUT2D eigenvalue weighted by atomic mass is 16.5. The molecule has 0 spiro atoms. The minimum atomic E-state index is 0.156.